The molecule has 0 saturated heterocycles. The second kappa shape index (κ2) is 5.74. The Hall–Kier alpha value is -1.47. The largest absolute Gasteiger partial charge is 0.416 e. The van der Waals surface area contributed by atoms with Crippen molar-refractivity contribution in [3.63, 3.8) is 0 Å². The predicted molar refractivity (Wildman–Crippen MR) is 60.5 cm³/mol. The van der Waals surface area contributed by atoms with Gasteiger partial charge in [-0.1, -0.05) is 12.2 Å². The van der Waals surface area contributed by atoms with E-state index in [-0.39, 0.29) is 11.1 Å². The van der Waals surface area contributed by atoms with Gasteiger partial charge in [-0.25, -0.2) is 0 Å². The van der Waals surface area contributed by atoms with Crippen LogP contribution in [0.1, 0.15) is 23.1 Å². The molecule has 0 aliphatic carbocycles. The minimum Gasteiger partial charge on any atom is -0.192 e. The molecule has 0 radical (unpaired) electrons. The first-order chi connectivity index (χ1) is 7.99. The number of nitrogens with zero attached hydrogens (tertiary/aromatic N) is 1. The molecule has 1 aromatic carbocycles. The lowest BCUT2D eigenvalue weighted by Crippen LogP contribution is -2.05. The highest BCUT2D eigenvalue weighted by molar-refractivity contribution is 6.17. The molecule has 0 heterocycles. The molecule has 0 saturated carbocycles. The van der Waals surface area contributed by atoms with E-state index in [9.17, 15) is 13.2 Å². The van der Waals surface area contributed by atoms with Crippen LogP contribution in [0.4, 0.5) is 13.2 Å². The molecule has 0 aliphatic heterocycles. The molecule has 5 heteroatoms. The summed E-state index contributed by atoms with van der Waals surface area (Å²) in [7, 11) is 0. The lowest BCUT2D eigenvalue weighted by Gasteiger charge is -2.08. The highest BCUT2D eigenvalue weighted by Crippen LogP contribution is 2.30. The summed E-state index contributed by atoms with van der Waals surface area (Å²) in [6.45, 7) is 0. The number of allylic oxidation sites excluding steroid dienone is 1. The molecule has 90 valence electrons. The lowest BCUT2D eigenvalue weighted by atomic mass is 10.0. The highest BCUT2D eigenvalue weighted by Gasteiger charge is 2.30. The van der Waals surface area contributed by atoms with Gasteiger partial charge in [-0.3, -0.25) is 0 Å². The molecule has 0 spiro atoms. The number of alkyl halides is 4. The summed E-state index contributed by atoms with van der Waals surface area (Å²) >= 11 is 5.45. The number of hydrogen-bond acceptors (Lipinski definition) is 1. The summed E-state index contributed by atoms with van der Waals surface area (Å²) in [5, 5.41) is 8.78. The van der Waals surface area contributed by atoms with Crippen LogP contribution in [0.25, 0.3) is 6.08 Å². The first-order valence-corrected chi connectivity index (χ1v) is 5.36. The van der Waals surface area contributed by atoms with Crippen LogP contribution in [0.3, 0.4) is 0 Å². The van der Waals surface area contributed by atoms with E-state index in [1.807, 2.05) is 6.07 Å². The average molecular weight is 260 g/mol. The van der Waals surface area contributed by atoms with Gasteiger partial charge in [-0.05, 0) is 30.2 Å². The Morgan fingerprint density at radius 3 is 2.59 bits per heavy atom. The van der Waals surface area contributed by atoms with Gasteiger partial charge in [0.1, 0.15) is 0 Å². The smallest absolute Gasteiger partial charge is 0.192 e. The number of halogens is 4. The Kier molecular flexibility index (Phi) is 4.59. The fourth-order valence-corrected chi connectivity index (χ4v) is 1.38. The first-order valence-electron chi connectivity index (χ1n) is 4.83. The standard InChI is InChI=1S/C12H9ClF3N/c13-6-2-1-3-9-7-11(12(14,15)16)5-4-10(9)8-17/h1,3-5,7H,2,6H2. The molecular weight excluding hydrogens is 251 g/mol. The Labute approximate surface area is 102 Å². The zero-order chi connectivity index (χ0) is 12.9. The number of rotatable bonds is 3. The topological polar surface area (TPSA) is 23.8 Å². The van der Waals surface area contributed by atoms with E-state index in [1.165, 1.54) is 12.1 Å². The van der Waals surface area contributed by atoms with Crippen LogP contribution in [0.5, 0.6) is 0 Å². The third-order valence-corrected chi connectivity index (χ3v) is 2.29. The Morgan fingerprint density at radius 1 is 1.35 bits per heavy atom. The highest BCUT2D eigenvalue weighted by atomic mass is 35.5. The van der Waals surface area contributed by atoms with Gasteiger partial charge in [0.15, 0.2) is 0 Å². The van der Waals surface area contributed by atoms with Gasteiger partial charge in [-0.15, -0.1) is 11.6 Å². The summed E-state index contributed by atoms with van der Waals surface area (Å²) in [4.78, 5) is 0. The van der Waals surface area contributed by atoms with Crippen molar-refractivity contribution < 1.29 is 13.2 Å². The van der Waals surface area contributed by atoms with Crippen molar-refractivity contribution in [1.82, 2.24) is 0 Å². The molecule has 1 aromatic rings. The van der Waals surface area contributed by atoms with Crippen molar-refractivity contribution in [3.05, 3.63) is 41.0 Å². The number of benzene rings is 1. The molecule has 0 atom stereocenters. The van der Waals surface area contributed by atoms with Crippen molar-refractivity contribution in [2.45, 2.75) is 12.6 Å². The SMILES string of the molecule is N#Cc1ccc(C(F)(F)F)cc1C=CCCCl. The molecule has 0 N–H and O–H groups in total. The Balaban J connectivity index is 3.12. The molecular formula is C12H9ClF3N. The van der Waals surface area contributed by atoms with Crippen LogP contribution in [0, 0.1) is 11.3 Å². The molecule has 0 fully saturated rings. The van der Waals surface area contributed by atoms with Gasteiger partial charge < -0.3 is 0 Å². The van der Waals surface area contributed by atoms with E-state index in [0.29, 0.717) is 12.3 Å². The summed E-state index contributed by atoms with van der Waals surface area (Å²) in [6, 6.07) is 4.88. The summed E-state index contributed by atoms with van der Waals surface area (Å²) in [5.41, 5.74) is -0.293. The van der Waals surface area contributed by atoms with Crippen LogP contribution in [-0.4, -0.2) is 5.88 Å². The van der Waals surface area contributed by atoms with E-state index in [0.717, 1.165) is 12.1 Å². The normalized spacial score (nSPS) is 11.7. The van der Waals surface area contributed by atoms with Gasteiger partial charge in [0, 0.05) is 5.88 Å². The number of hydrogen-bond donors (Lipinski definition) is 0. The average Bonchev–Trinajstić information content (AvgIpc) is 2.28. The van der Waals surface area contributed by atoms with Crippen molar-refractivity contribution in [1.29, 1.82) is 5.26 Å². The van der Waals surface area contributed by atoms with Crippen molar-refractivity contribution >= 4 is 17.7 Å². The summed E-state index contributed by atoms with van der Waals surface area (Å²) in [6.07, 6.45) is -0.731. The van der Waals surface area contributed by atoms with E-state index in [2.05, 4.69) is 0 Å². The first kappa shape index (κ1) is 13.6. The second-order valence-electron chi connectivity index (χ2n) is 3.29. The zero-order valence-electron chi connectivity index (χ0n) is 8.76. The molecule has 0 bridgehead atoms. The third kappa shape index (κ3) is 3.79. The molecule has 1 nitrogen and oxygen atoms in total. The van der Waals surface area contributed by atoms with Crippen LogP contribution in [0.15, 0.2) is 24.3 Å². The zero-order valence-corrected chi connectivity index (χ0v) is 9.52. The van der Waals surface area contributed by atoms with Gasteiger partial charge in [-0.2, -0.15) is 18.4 Å². The van der Waals surface area contributed by atoms with E-state index in [4.69, 9.17) is 16.9 Å². The van der Waals surface area contributed by atoms with Crippen LogP contribution in [-0.2, 0) is 6.18 Å². The molecule has 0 aromatic heterocycles. The lowest BCUT2D eigenvalue weighted by molar-refractivity contribution is -0.137. The molecule has 17 heavy (non-hydrogen) atoms. The maximum Gasteiger partial charge on any atom is 0.416 e. The predicted octanol–water partition coefficient (Wildman–Crippen LogP) is 4.22. The second-order valence-corrected chi connectivity index (χ2v) is 3.67. The maximum atomic E-state index is 12.5. The quantitative estimate of drug-likeness (QED) is 0.746. The van der Waals surface area contributed by atoms with Gasteiger partial charge >= 0.3 is 6.18 Å². The minimum atomic E-state index is -4.40. The van der Waals surface area contributed by atoms with Crippen LogP contribution in [0.2, 0.25) is 0 Å². The van der Waals surface area contributed by atoms with Gasteiger partial charge in [0.05, 0.1) is 17.2 Å². The van der Waals surface area contributed by atoms with Crippen molar-refractivity contribution in [2.24, 2.45) is 0 Å². The van der Waals surface area contributed by atoms with Crippen LogP contribution < -0.4 is 0 Å². The van der Waals surface area contributed by atoms with Crippen molar-refractivity contribution in [3.8, 4) is 6.07 Å². The number of nitriles is 1. The van der Waals surface area contributed by atoms with Gasteiger partial charge in [0.2, 0.25) is 0 Å². The van der Waals surface area contributed by atoms with E-state index >= 15 is 0 Å². The fourth-order valence-electron chi connectivity index (χ4n) is 1.25. The minimum absolute atomic E-state index is 0.212. The Morgan fingerprint density at radius 2 is 2.06 bits per heavy atom. The molecule has 0 unspecified atom stereocenters. The van der Waals surface area contributed by atoms with Crippen LogP contribution >= 0.6 is 11.6 Å². The fraction of sp³-hybridized carbons (Fsp3) is 0.250. The van der Waals surface area contributed by atoms with E-state index < -0.39 is 11.7 Å². The summed E-state index contributed by atoms with van der Waals surface area (Å²) in [5.74, 6) is 0.386. The third-order valence-electron chi connectivity index (χ3n) is 2.07. The molecule has 1 rings (SSSR count). The van der Waals surface area contributed by atoms with Gasteiger partial charge in [0.25, 0.3) is 0 Å². The maximum absolute atomic E-state index is 12.5. The van der Waals surface area contributed by atoms with E-state index in [1.54, 1.807) is 6.08 Å². The summed E-state index contributed by atoms with van der Waals surface area (Å²) < 4.78 is 37.4. The monoisotopic (exact) mass is 259 g/mol. The van der Waals surface area contributed by atoms with Crippen molar-refractivity contribution in [2.75, 3.05) is 5.88 Å². The Bertz CT molecular complexity index is 458. The molecule has 0 amide bonds. The molecule has 0 aliphatic rings.